The molecule has 0 saturated heterocycles. The maximum atomic E-state index is 12.8. The van der Waals surface area contributed by atoms with Crippen LogP contribution in [0, 0.1) is 20.8 Å². The van der Waals surface area contributed by atoms with E-state index in [1.54, 1.807) is 54.6 Å². The number of carbonyl (C=O) groups excluding carboxylic acids is 3. The molecule has 0 aromatic heterocycles. The van der Waals surface area contributed by atoms with Crippen molar-refractivity contribution < 1.29 is 23.9 Å². The van der Waals surface area contributed by atoms with Crippen LogP contribution in [0.15, 0.2) is 91.0 Å². The van der Waals surface area contributed by atoms with E-state index < -0.39 is 11.9 Å². The van der Waals surface area contributed by atoms with Crippen molar-refractivity contribution in [2.45, 2.75) is 20.8 Å². The molecule has 0 aliphatic carbocycles. The Hall–Kier alpha value is -4.71. The standard InChI is InChI=1S/C30H25NO5/c1-19-7-4-10-22(13-19)28(32)31-25-16-26(35-29(33)23-11-5-8-20(2)14-23)18-27(17-25)36-30(34)24-12-6-9-21(3)15-24/h4-18H,1-3H3,(H,31,32). The van der Waals surface area contributed by atoms with Crippen molar-refractivity contribution in [1.29, 1.82) is 0 Å². The molecule has 180 valence electrons. The number of aryl methyl sites for hydroxylation is 3. The van der Waals surface area contributed by atoms with Gasteiger partial charge in [0, 0.05) is 29.4 Å². The summed E-state index contributed by atoms with van der Waals surface area (Å²) in [4.78, 5) is 38.3. The van der Waals surface area contributed by atoms with Gasteiger partial charge < -0.3 is 14.8 Å². The van der Waals surface area contributed by atoms with E-state index in [0.29, 0.717) is 22.4 Å². The maximum Gasteiger partial charge on any atom is 0.343 e. The van der Waals surface area contributed by atoms with E-state index in [1.165, 1.54) is 18.2 Å². The monoisotopic (exact) mass is 479 g/mol. The van der Waals surface area contributed by atoms with Gasteiger partial charge in [-0.2, -0.15) is 0 Å². The summed E-state index contributed by atoms with van der Waals surface area (Å²) in [6, 6.07) is 25.6. The molecule has 6 heteroatoms. The molecule has 0 bridgehead atoms. The van der Waals surface area contributed by atoms with Crippen LogP contribution in [0.5, 0.6) is 11.5 Å². The number of benzene rings is 4. The van der Waals surface area contributed by atoms with E-state index >= 15 is 0 Å². The second kappa shape index (κ2) is 10.7. The molecule has 0 unspecified atom stereocenters. The quantitative estimate of drug-likeness (QED) is 0.259. The van der Waals surface area contributed by atoms with Gasteiger partial charge >= 0.3 is 11.9 Å². The number of amides is 1. The predicted molar refractivity (Wildman–Crippen MR) is 138 cm³/mol. The summed E-state index contributed by atoms with van der Waals surface area (Å²) >= 11 is 0. The summed E-state index contributed by atoms with van der Waals surface area (Å²) in [6.45, 7) is 5.65. The van der Waals surface area contributed by atoms with Gasteiger partial charge in [-0.1, -0.05) is 53.1 Å². The molecule has 0 atom stereocenters. The third-order valence-corrected chi connectivity index (χ3v) is 5.35. The summed E-state index contributed by atoms with van der Waals surface area (Å²) < 4.78 is 11.1. The maximum absolute atomic E-state index is 12.8. The summed E-state index contributed by atoms with van der Waals surface area (Å²) in [7, 11) is 0. The normalized spacial score (nSPS) is 10.4. The smallest absolute Gasteiger partial charge is 0.343 e. The third-order valence-electron chi connectivity index (χ3n) is 5.35. The minimum atomic E-state index is -0.572. The Morgan fingerprint density at radius 3 is 1.42 bits per heavy atom. The zero-order chi connectivity index (χ0) is 25.7. The van der Waals surface area contributed by atoms with Crippen LogP contribution < -0.4 is 14.8 Å². The first kappa shape index (κ1) is 24.4. The Kier molecular flexibility index (Phi) is 7.25. The van der Waals surface area contributed by atoms with Gasteiger partial charge in [-0.25, -0.2) is 9.59 Å². The fourth-order valence-electron chi connectivity index (χ4n) is 3.63. The summed E-state index contributed by atoms with van der Waals surface area (Å²) in [5.41, 5.74) is 4.30. The zero-order valence-electron chi connectivity index (χ0n) is 20.2. The molecule has 36 heavy (non-hydrogen) atoms. The van der Waals surface area contributed by atoms with Gasteiger partial charge in [-0.15, -0.1) is 0 Å². The summed E-state index contributed by atoms with van der Waals surface area (Å²) in [5, 5.41) is 2.79. The Balaban J connectivity index is 1.63. The molecular weight excluding hydrogens is 454 g/mol. The lowest BCUT2D eigenvalue weighted by molar-refractivity contribution is 0.0732. The lowest BCUT2D eigenvalue weighted by Gasteiger charge is -2.12. The minimum absolute atomic E-state index is 0.121. The van der Waals surface area contributed by atoms with Gasteiger partial charge in [0.15, 0.2) is 0 Å². The molecule has 0 aliphatic heterocycles. The van der Waals surface area contributed by atoms with Crippen molar-refractivity contribution in [3.63, 3.8) is 0 Å². The van der Waals surface area contributed by atoms with E-state index in [-0.39, 0.29) is 17.4 Å². The van der Waals surface area contributed by atoms with Crippen LogP contribution >= 0.6 is 0 Å². The number of hydrogen-bond acceptors (Lipinski definition) is 5. The van der Waals surface area contributed by atoms with Gasteiger partial charge in [-0.3, -0.25) is 4.79 Å². The van der Waals surface area contributed by atoms with Gasteiger partial charge in [0.05, 0.1) is 11.1 Å². The highest BCUT2D eigenvalue weighted by Crippen LogP contribution is 2.28. The van der Waals surface area contributed by atoms with E-state index in [9.17, 15) is 14.4 Å². The van der Waals surface area contributed by atoms with Crippen LogP contribution in [0.25, 0.3) is 0 Å². The van der Waals surface area contributed by atoms with Crippen molar-refractivity contribution >= 4 is 23.5 Å². The predicted octanol–water partition coefficient (Wildman–Crippen LogP) is 6.30. The van der Waals surface area contributed by atoms with Gasteiger partial charge in [0.2, 0.25) is 0 Å². The number of hydrogen-bond donors (Lipinski definition) is 1. The number of carbonyl (C=O) groups is 3. The molecule has 4 aromatic carbocycles. The lowest BCUT2D eigenvalue weighted by Crippen LogP contribution is -2.14. The summed E-state index contributed by atoms with van der Waals surface area (Å²) in [5.74, 6) is -1.25. The van der Waals surface area contributed by atoms with Crippen LogP contribution in [0.4, 0.5) is 5.69 Å². The molecule has 0 spiro atoms. The van der Waals surface area contributed by atoms with E-state index in [0.717, 1.165) is 16.7 Å². The molecule has 0 radical (unpaired) electrons. The van der Waals surface area contributed by atoms with Crippen molar-refractivity contribution in [3.8, 4) is 11.5 Å². The average molecular weight is 480 g/mol. The van der Waals surface area contributed by atoms with Gasteiger partial charge in [-0.05, 0) is 57.2 Å². The molecule has 0 heterocycles. The van der Waals surface area contributed by atoms with Crippen LogP contribution in [0.3, 0.4) is 0 Å². The van der Waals surface area contributed by atoms with Crippen LogP contribution in [0.1, 0.15) is 47.8 Å². The first-order valence-electron chi connectivity index (χ1n) is 11.4. The van der Waals surface area contributed by atoms with Crippen LogP contribution in [-0.4, -0.2) is 17.8 Å². The highest BCUT2D eigenvalue weighted by atomic mass is 16.5. The second-order valence-electron chi connectivity index (χ2n) is 8.53. The van der Waals surface area contributed by atoms with Crippen molar-refractivity contribution in [2.24, 2.45) is 0 Å². The van der Waals surface area contributed by atoms with Crippen LogP contribution in [-0.2, 0) is 0 Å². The molecule has 6 nitrogen and oxygen atoms in total. The second-order valence-corrected chi connectivity index (χ2v) is 8.53. The molecule has 1 amide bonds. The molecule has 0 aliphatic rings. The number of nitrogens with one attached hydrogen (secondary N) is 1. The fraction of sp³-hybridized carbons (Fsp3) is 0.100. The van der Waals surface area contributed by atoms with Crippen LogP contribution in [0.2, 0.25) is 0 Å². The number of ether oxygens (including phenoxy) is 2. The third kappa shape index (κ3) is 6.24. The van der Waals surface area contributed by atoms with Crippen molar-refractivity contribution in [2.75, 3.05) is 5.32 Å². The SMILES string of the molecule is Cc1cccc(C(=O)Nc2cc(OC(=O)c3cccc(C)c3)cc(OC(=O)c3cccc(C)c3)c2)c1. The molecule has 0 saturated carbocycles. The van der Waals surface area contributed by atoms with Gasteiger partial charge in [0.1, 0.15) is 11.5 Å². The van der Waals surface area contributed by atoms with E-state index in [2.05, 4.69) is 5.32 Å². The minimum Gasteiger partial charge on any atom is -0.423 e. The lowest BCUT2D eigenvalue weighted by atomic mass is 10.1. The molecule has 1 N–H and O–H groups in total. The first-order chi connectivity index (χ1) is 17.3. The number of rotatable bonds is 6. The average Bonchev–Trinajstić information content (AvgIpc) is 2.84. The Morgan fingerprint density at radius 1 is 0.556 bits per heavy atom. The molecular formula is C30H25NO5. The first-order valence-corrected chi connectivity index (χ1v) is 11.4. The Morgan fingerprint density at radius 2 is 0.972 bits per heavy atom. The topological polar surface area (TPSA) is 81.7 Å². The largest absolute Gasteiger partial charge is 0.423 e. The Labute approximate surface area is 209 Å². The van der Waals surface area contributed by atoms with E-state index in [4.69, 9.17) is 9.47 Å². The van der Waals surface area contributed by atoms with Crippen molar-refractivity contribution in [3.05, 3.63) is 124 Å². The summed E-state index contributed by atoms with van der Waals surface area (Å²) in [6.07, 6.45) is 0. The van der Waals surface area contributed by atoms with E-state index in [1.807, 2.05) is 39.0 Å². The fourth-order valence-corrected chi connectivity index (χ4v) is 3.63. The number of anilines is 1. The van der Waals surface area contributed by atoms with Crippen molar-refractivity contribution in [1.82, 2.24) is 0 Å². The molecule has 4 aromatic rings. The van der Waals surface area contributed by atoms with Gasteiger partial charge in [0.25, 0.3) is 5.91 Å². The molecule has 0 fully saturated rings. The zero-order valence-corrected chi connectivity index (χ0v) is 20.2. The Bertz CT molecular complexity index is 1270. The molecule has 4 rings (SSSR count). The highest BCUT2D eigenvalue weighted by Gasteiger charge is 2.15. The number of esters is 2. The highest BCUT2D eigenvalue weighted by molar-refractivity contribution is 6.04.